The predicted octanol–water partition coefficient (Wildman–Crippen LogP) is 3.68. The molecule has 1 N–H and O–H groups in total. The number of methoxy groups -OCH3 is 2. The van der Waals surface area contributed by atoms with Gasteiger partial charge in [0.05, 0.1) is 25.7 Å². The highest BCUT2D eigenvalue weighted by atomic mass is 32.2. The summed E-state index contributed by atoms with van der Waals surface area (Å²) in [5, 5.41) is 16.0. The molecule has 0 saturated carbocycles. The Kier molecular flexibility index (Phi) is 5.99. The van der Waals surface area contributed by atoms with E-state index in [2.05, 4.69) is 20.6 Å². The molecule has 0 saturated heterocycles. The van der Waals surface area contributed by atoms with Gasteiger partial charge in [0.1, 0.15) is 17.3 Å². The van der Waals surface area contributed by atoms with Crippen LogP contribution in [0.5, 0.6) is 11.5 Å². The van der Waals surface area contributed by atoms with Gasteiger partial charge in [-0.3, -0.25) is 4.79 Å². The van der Waals surface area contributed by atoms with Gasteiger partial charge in [-0.15, -0.1) is 10.2 Å². The second kappa shape index (κ2) is 9.00. The number of amides is 1. The highest BCUT2D eigenvalue weighted by Crippen LogP contribution is 2.26. The highest BCUT2D eigenvalue weighted by Gasteiger charge is 2.13. The van der Waals surface area contributed by atoms with E-state index in [0.717, 1.165) is 5.56 Å². The Morgan fingerprint density at radius 2 is 1.74 bits per heavy atom. The molecule has 158 valence electrons. The average Bonchev–Trinajstić information content (AvgIpc) is 3.20. The van der Waals surface area contributed by atoms with Crippen LogP contribution < -0.4 is 14.8 Å². The van der Waals surface area contributed by atoms with Crippen LogP contribution in [0.3, 0.4) is 0 Å². The van der Waals surface area contributed by atoms with Gasteiger partial charge in [-0.1, -0.05) is 11.8 Å². The summed E-state index contributed by atoms with van der Waals surface area (Å²) in [5.74, 6) is 0.700. The van der Waals surface area contributed by atoms with Crippen molar-refractivity contribution in [1.29, 1.82) is 0 Å². The van der Waals surface area contributed by atoms with Crippen LogP contribution in [0.1, 0.15) is 0 Å². The molecule has 2 aromatic carbocycles. The number of anilines is 1. The Morgan fingerprint density at radius 3 is 2.42 bits per heavy atom. The van der Waals surface area contributed by atoms with Crippen molar-refractivity contribution < 1.29 is 18.7 Å². The first-order valence-electron chi connectivity index (χ1n) is 9.20. The topological polar surface area (TPSA) is 90.6 Å². The number of hydrogen-bond donors (Lipinski definition) is 1. The lowest BCUT2D eigenvalue weighted by Crippen LogP contribution is -2.14. The fourth-order valence-corrected chi connectivity index (χ4v) is 3.53. The zero-order valence-corrected chi connectivity index (χ0v) is 17.5. The molecule has 0 radical (unpaired) electrons. The van der Waals surface area contributed by atoms with Crippen LogP contribution in [0.4, 0.5) is 10.1 Å². The molecule has 0 fully saturated rings. The lowest BCUT2D eigenvalue weighted by Gasteiger charge is -2.09. The molecule has 10 heteroatoms. The molecule has 2 aromatic heterocycles. The van der Waals surface area contributed by atoms with Crippen molar-refractivity contribution in [2.75, 3.05) is 25.3 Å². The number of ether oxygens (including phenoxy) is 2. The molecular weight excluding hydrogens is 421 g/mol. The maximum atomic E-state index is 13.2. The van der Waals surface area contributed by atoms with Gasteiger partial charge in [0.25, 0.3) is 0 Å². The normalized spacial score (nSPS) is 10.8. The van der Waals surface area contributed by atoms with Crippen LogP contribution in [0.25, 0.3) is 16.9 Å². The Bertz CT molecular complexity index is 1210. The van der Waals surface area contributed by atoms with E-state index in [1.807, 2.05) is 0 Å². The lowest BCUT2D eigenvalue weighted by atomic mass is 10.1. The molecule has 0 spiro atoms. The monoisotopic (exact) mass is 439 g/mol. The standard InChI is InChI=1S/C21H18FN5O3S/c1-29-16-9-15(10-17(11-16)30-2)23-20(28)12-31-21-25-24-19-8-7-18(26-27(19)21)13-3-5-14(22)6-4-13/h3-11H,12H2,1-2H3,(H,23,28). The minimum absolute atomic E-state index is 0.1000. The minimum Gasteiger partial charge on any atom is -0.497 e. The summed E-state index contributed by atoms with van der Waals surface area (Å²) in [4.78, 5) is 12.4. The van der Waals surface area contributed by atoms with Gasteiger partial charge in [-0.25, -0.2) is 4.39 Å². The van der Waals surface area contributed by atoms with Crippen LogP contribution >= 0.6 is 11.8 Å². The third-order valence-corrected chi connectivity index (χ3v) is 5.26. The van der Waals surface area contributed by atoms with Crippen molar-refractivity contribution >= 4 is 29.0 Å². The first kappa shape index (κ1) is 20.6. The Morgan fingerprint density at radius 1 is 1.03 bits per heavy atom. The second-order valence-corrected chi connectivity index (χ2v) is 7.36. The molecular formula is C21H18FN5O3S. The van der Waals surface area contributed by atoms with Crippen molar-refractivity contribution in [3.8, 4) is 22.8 Å². The minimum atomic E-state index is -0.315. The number of nitrogens with one attached hydrogen (secondary N) is 1. The van der Waals surface area contributed by atoms with E-state index in [0.29, 0.717) is 33.7 Å². The number of thioether (sulfide) groups is 1. The van der Waals surface area contributed by atoms with E-state index in [-0.39, 0.29) is 17.5 Å². The summed E-state index contributed by atoms with van der Waals surface area (Å²) in [6.45, 7) is 0. The first-order valence-corrected chi connectivity index (χ1v) is 10.2. The van der Waals surface area contributed by atoms with Crippen molar-refractivity contribution in [2.24, 2.45) is 0 Å². The van der Waals surface area contributed by atoms with E-state index in [9.17, 15) is 9.18 Å². The number of halogens is 1. The Balaban J connectivity index is 1.48. The SMILES string of the molecule is COc1cc(NC(=O)CSc2nnc3ccc(-c4ccc(F)cc4)nn23)cc(OC)c1. The molecule has 0 bridgehead atoms. The third-order valence-electron chi connectivity index (χ3n) is 4.34. The number of benzene rings is 2. The molecule has 4 rings (SSSR count). The van der Waals surface area contributed by atoms with E-state index in [1.54, 1.807) is 61.2 Å². The van der Waals surface area contributed by atoms with Gasteiger partial charge in [-0.05, 0) is 36.4 Å². The van der Waals surface area contributed by atoms with Crippen LogP contribution in [0.2, 0.25) is 0 Å². The molecule has 2 heterocycles. The molecule has 1 amide bonds. The summed E-state index contributed by atoms with van der Waals surface area (Å²) in [6, 6.07) is 14.7. The fourth-order valence-electron chi connectivity index (χ4n) is 2.84. The smallest absolute Gasteiger partial charge is 0.234 e. The number of carbonyl (C=O) groups is 1. The zero-order chi connectivity index (χ0) is 21.8. The largest absolute Gasteiger partial charge is 0.497 e. The van der Waals surface area contributed by atoms with Crippen LogP contribution in [-0.4, -0.2) is 45.7 Å². The first-order chi connectivity index (χ1) is 15.1. The van der Waals surface area contributed by atoms with Gasteiger partial charge >= 0.3 is 0 Å². The maximum Gasteiger partial charge on any atom is 0.234 e. The quantitative estimate of drug-likeness (QED) is 0.439. The number of aromatic nitrogens is 4. The number of nitrogens with zero attached hydrogens (tertiary/aromatic N) is 4. The number of carbonyl (C=O) groups excluding carboxylic acids is 1. The van der Waals surface area contributed by atoms with E-state index < -0.39 is 0 Å². The maximum absolute atomic E-state index is 13.2. The third kappa shape index (κ3) is 4.75. The summed E-state index contributed by atoms with van der Waals surface area (Å²) < 4.78 is 25.2. The van der Waals surface area contributed by atoms with Crippen molar-refractivity contribution in [2.45, 2.75) is 5.16 Å². The Hall–Kier alpha value is -3.66. The van der Waals surface area contributed by atoms with Crippen molar-refractivity contribution in [1.82, 2.24) is 19.8 Å². The molecule has 0 atom stereocenters. The second-order valence-electron chi connectivity index (χ2n) is 6.42. The van der Waals surface area contributed by atoms with E-state index in [4.69, 9.17) is 9.47 Å². The van der Waals surface area contributed by atoms with Crippen LogP contribution in [0.15, 0.2) is 59.8 Å². The lowest BCUT2D eigenvalue weighted by molar-refractivity contribution is -0.113. The number of rotatable bonds is 7. The Labute approximate surface area is 181 Å². The molecule has 0 aliphatic carbocycles. The van der Waals surface area contributed by atoms with Gasteiger partial charge in [0.15, 0.2) is 5.65 Å². The summed E-state index contributed by atoms with van der Waals surface area (Å²) in [7, 11) is 3.08. The van der Waals surface area contributed by atoms with E-state index >= 15 is 0 Å². The molecule has 0 aliphatic heterocycles. The van der Waals surface area contributed by atoms with Crippen molar-refractivity contribution in [3.63, 3.8) is 0 Å². The molecule has 0 unspecified atom stereocenters. The number of fused-ring (bicyclic) bond motifs is 1. The summed E-state index contributed by atoms with van der Waals surface area (Å²) >= 11 is 1.20. The van der Waals surface area contributed by atoms with Gasteiger partial charge < -0.3 is 14.8 Å². The molecule has 8 nitrogen and oxygen atoms in total. The molecule has 0 aliphatic rings. The number of hydrogen-bond acceptors (Lipinski definition) is 7. The molecule has 31 heavy (non-hydrogen) atoms. The van der Waals surface area contributed by atoms with Gasteiger partial charge in [0.2, 0.25) is 11.1 Å². The predicted molar refractivity (Wildman–Crippen MR) is 115 cm³/mol. The molecule has 4 aromatic rings. The average molecular weight is 439 g/mol. The van der Waals surface area contributed by atoms with E-state index in [1.165, 1.54) is 23.9 Å². The van der Waals surface area contributed by atoms with Gasteiger partial charge in [0, 0.05) is 29.4 Å². The summed E-state index contributed by atoms with van der Waals surface area (Å²) in [6.07, 6.45) is 0. The summed E-state index contributed by atoms with van der Waals surface area (Å²) in [5.41, 5.74) is 2.51. The van der Waals surface area contributed by atoms with Crippen molar-refractivity contribution in [3.05, 3.63) is 60.4 Å². The van der Waals surface area contributed by atoms with Crippen LogP contribution in [0, 0.1) is 5.82 Å². The highest BCUT2D eigenvalue weighted by molar-refractivity contribution is 7.99. The zero-order valence-electron chi connectivity index (χ0n) is 16.7. The fraction of sp³-hybridized carbons (Fsp3) is 0.143. The van der Waals surface area contributed by atoms with Crippen LogP contribution in [-0.2, 0) is 4.79 Å². The van der Waals surface area contributed by atoms with Gasteiger partial charge in [-0.2, -0.15) is 9.61 Å².